The lowest BCUT2D eigenvalue weighted by molar-refractivity contribution is 0.0697. The number of anilines is 2. The van der Waals surface area contributed by atoms with Gasteiger partial charge in [-0.3, -0.25) is 0 Å². The van der Waals surface area contributed by atoms with E-state index < -0.39 is 5.97 Å². The number of aromatic carboxylic acids is 1. The average Bonchev–Trinajstić information content (AvgIpc) is 2.34. The summed E-state index contributed by atoms with van der Waals surface area (Å²) < 4.78 is 5.43. The number of nitrogens with one attached hydrogen (secondary N) is 1. The first-order valence-electron chi connectivity index (χ1n) is 6.59. The highest BCUT2D eigenvalue weighted by Gasteiger charge is 2.14. The number of carbonyl (C=O) groups is 1. The van der Waals surface area contributed by atoms with Gasteiger partial charge in [0.25, 0.3) is 0 Å². The molecule has 112 valence electrons. The quantitative estimate of drug-likeness (QED) is 0.507. The molecule has 0 heterocycles. The number of ether oxygens (including phenoxy) is 1. The summed E-state index contributed by atoms with van der Waals surface area (Å²) in [7, 11) is 0. The summed E-state index contributed by atoms with van der Waals surface area (Å²) in [4.78, 5) is 11.2. The SMILES string of the molecule is CC(C)OCCCCNc1c(Cl)cc(N)cc1C(=O)O. The van der Waals surface area contributed by atoms with Gasteiger partial charge in [-0.15, -0.1) is 0 Å². The molecule has 0 amide bonds. The molecule has 6 heteroatoms. The Balaban J connectivity index is 2.53. The average molecular weight is 301 g/mol. The zero-order valence-corrected chi connectivity index (χ0v) is 12.5. The van der Waals surface area contributed by atoms with E-state index >= 15 is 0 Å². The van der Waals surface area contributed by atoms with E-state index in [-0.39, 0.29) is 11.7 Å². The monoisotopic (exact) mass is 300 g/mol. The molecule has 0 spiro atoms. The number of hydrogen-bond acceptors (Lipinski definition) is 4. The number of rotatable bonds is 8. The largest absolute Gasteiger partial charge is 0.478 e. The van der Waals surface area contributed by atoms with Crippen LogP contribution in [0.1, 0.15) is 37.0 Å². The van der Waals surface area contributed by atoms with Crippen LogP contribution in [0.4, 0.5) is 11.4 Å². The molecular formula is C14H21ClN2O3. The molecule has 1 rings (SSSR count). The number of nitrogens with two attached hydrogens (primary N) is 1. The lowest BCUT2D eigenvalue weighted by atomic mass is 10.1. The van der Waals surface area contributed by atoms with E-state index in [1.165, 1.54) is 12.1 Å². The Hall–Kier alpha value is -1.46. The van der Waals surface area contributed by atoms with Gasteiger partial charge in [0.05, 0.1) is 22.4 Å². The number of benzene rings is 1. The van der Waals surface area contributed by atoms with Gasteiger partial charge in [-0.2, -0.15) is 0 Å². The predicted octanol–water partition coefficient (Wildman–Crippen LogP) is 3.24. The van der Waals surface area contributed by atoms with Crippen molar-refractivity contribution in [3.05, 3.63) is 22.7 Å². The Morgan fingerprint density at radius 1 is 1.45 bits per heavy atom. The summed E-state index contributed by atoms with van der Waals surface area (Å²) in [6.45, 7) is 5.31. The first kappa shape index (κ1) is 16.6. The van der Waals surface area contributed by atoms with Crippen LogP contribution in [0, 0.1) is 0 Å². The molecule has 0 unspecified atom stereocenters. The molecule has 0 radical (unpaired) electrons. The van der Waals surface area contributed by atoms with Crippen molar-refractivity contribution in [3.8, 4) is 0 Å². The van der Waals surface area contributed by atoms with Gasteiger partial charge in [-0.1, -0.05) is 11.6 Å². The van der Waals surface area contributed by atoms with Gasteiger partial charge in [-0.25, -0.2) is 4.79 Å². The number of carboxylic acid groups (broad SMARTS) is 1. The Labute approximate surface area is 124 Å². The second-order valence-electron chi connectivity index (χ2n) is 4.78. The normalized spacial score (nSPS) is 10.8. The smallest absolute Gasteiger partial charge is 0.337 e. The maximum Gasteiger partial charge on any atom is 0.337 e. The standard InChI is InChI=1S/C14H21ClN2O3/c1-9(2)20-6-4-3-5-17-13-11(14(18)19)7-10(16)8-12(13)15/h7-9,17H,3-6,16H2,1-2H3,(H,18,19). The fraction of sp³-hybridized carbons (Fsp3) is 0.500. The molecule has 4 N–H and O–H groups in total. The Kier molecular flexibility index (Phi) is 6.61. The van der Waals surface area contributed by atoms with Crippen LogP contribution in [0.15, 0.2) is 12.1 Å². The Bertz CT molecular complexity index is 464. The highest BCUT2D eigenvalue weighted by Crippen LogP contribution is 2.29. The van der Waals surface area contributed by atoms with Gasteiger partial charge in [0.2, 0.25) is 0 Å². The van der Waals surface area contributed by atoms with E-state index in [9.17, 15) is 4.79 Å². The molecule has 0 bridgehead atoms. The van der Waals surface area contributed by atoms with Crippen LogP contribution in [-0.2, 0) is 4.74 Å². The molecular weight excluding hydrogens is 280 g/mol. The Morgan fingerprint density at radius 3 is 2.75 bits per heavy atom. The van der Waals surface area contributed by atoms with Crippen LogP contribution < -0.4 is 11.1 Å². The topological polar surface area (TPSA) is 84.6 Å². The number of nitrogen functional groups attached to an aromatic ring is 1. The van der Waals surface area contributed by atoms with Crippen molar-refractivity contribution < 1.29 is 14.6 Å². The van der Waals surface area contributed by atoms with Gasteiger partial charge >= 0.3 is 5.97 Å². The van der Waals surface area contributed by atoms with E-state index in [2.05, 4.69) is 5.32 Å². The second-order valence-corrected chi connectivity index (χ2v) is 5.19. The molecule has 1 aromatic carbocycles. The summed E-state index contributed by atoms with van der Waals surface area (Å²) in [5.41, 5.74) is 6.44. The van der Waals surface area contributed by atoms with Gasteiger partial charge < -0.3 is 20.9 Å². The van der Waals surface area contributed by atoms with Crippen molar-refractivity contribution in [3.63, 3.8) is 0 Å². The number of unbranched alkanes of at least 4 members (excludes halogenated alkanes) is 1. The van der Waals surface area contributed by atoms with Crippen molar-refractivity contribution in [1.29, 1.82) is 0 Å². The lowest BCUT2D eigenvalue weighted by Gasteiger charge is -2.13. The van der Waals surface area contributed by atoms with Crippen LogP contribution in [0.2, 0.25) is 5.02 Å². The van der Waals surface area contributed by atoms with Crippen molar-refractivity contribution in [2.45, 2.75) is 32.8 Å². The molecule has 1 aromatic rings. The first-order chi connectivity index (χ1) is 9.41. The maximum absolute atomic E-state index is 11.2. The van der Waals surface area contributed by atoms with E-state index in [4.69, 9.17) is 27.2 Å². The third-order valence-electron chi connectivity index (χ3n) is 2.67. The van der Waals surface area contributed by atoms with Crippen LogP contribution in [-0.4, -0.2) is 30.3 Å². The minimum atomic E-state index is -1.05. The van der Waals surface area contributed by atoms with Crippen molar-refractivity contribution in [2.75, 3.05) is 24.2 Å². The van der Waals surface area contributed by atoms with Crippen molar-refractivity contribution >= 4 is 28.9 Å². The minimum Gasteiger partial charge on any atom is -0.478 e. The van der Waals surface area contributed by atoms with Crippen LogP contribution in [0.25, 0.3) is 0 Å². The molecule has 0 fully saturated rings. The van der Waals surface area contributed by atoms with Crippen molar-refractivity contribution in [2.24, 2.45) is 0 Å². The number of carboxylic acids is 1. The van der Waals surface area contributed by atoms with Gasteiger partial charge in [-0.05, 0) is 38.8 Å². The highest BCUT2D eigenvalue weighted by atomic mass is 35.5. The molecule has 0 aromatic heterocycles. The van der Waals surface area contributed by atoms with E-state index in [1.54, 1.807) is 0 Å². The number of hydrogen-bond donors (Lipinski definition) is 3. The van der Waals surface area contributed by atoms with Gasteiger partial charge in [0.1, 0.15) is 0 Å². The second kappa shape index (κ2) is 7.97. The molecule has 5 nitrogen and oxygen atoms in total. The molecule has 0 atom stereocenters. The van der Waals surface area contributed by atoms with Gasteiger partial charge in [0, 0.05) is 18.8 Å². The molecule has 0 saturated carbocycles. The molecule has 0 aliphatic carbocycles. The zero-order chi connectivity index (χ0) is 15.1. The van der Waals surface area contributed by atoms with Crippen molar-refractivity contribution in [1.82, 2.24) is 0 Å². The van der Waals surface area contributed by atoms with Crippen LogP contribution >= 0.6 is 11.6 Å². The van der Waals surface area contributed by atoms with Gasteiger partial charge in [0.15, 0.2) is 0 Å². The molecule has 0 aliphatic rings. The maximum atomic E-state index is 11.2. The molecule has 20 heavy (non-hydrogen) atoms. The summed E-state index contributed by atoms with van der Waals surface area (Å²) >= 11 is 6.03. The van der Waals surface area contributed by atoms with E-state index in [1.807, 2.05) is 13.8 Å². The fourth-order valence-corrected chi connectivity index (χ4v) is 2.03. The summed E-state index contributed by atoms with van der Waals surface area (Å²) in [6, 6.07) is 2.94. The summed E-state index contributed by atoms with van der Waals surface area (Å²) in [5, 5.41) is 12.5. The Morgan fingerprint density at radius 2 is 2.15 bits per heavy atom. The van der Waals surface area contributed by atoms with Crippen LogP contribution in [0.3, 0.4) is 0 Å². The van der Waals surface area contributed by atoms with E-state index in [0.29, 0.717) is 29.5 Å². The fourth-order valence-electron chi connectivity index (χ4n) is 1.74. The lowest BCUT2D eigenvalue weighted by Crippen LogP contribution is -2.10. The molecule has 0 saturated heterocycles. The minimum absolute atomic E-state index is 0.0911. The first-order valence-corrected chi connectivity index (χ1v) is 6.97. The predicted molar refractivity (Wildman–Crippen MR) is 81.6 cm³/mol. The third-order valence-corrected chi connectivity index (χ3v) is 2.97. The van der Waals surface area contributed by atoms with E-state index in [0.717, 1.165) is 12.8 Å². The summed E-state index contributed by atoms with van der Waals surface area (Å²) in [5.74, 6) is -1.05. The third kappa shape index (κ3) is 5.27. The zero-order valence-electron chi connectivity index (χ0n) is 11.8. The molecule has 0 aliphatic heterocycles. The van der Waals surface area contributed by atoms with Crippen LogP contribution in [0.5, 0.6) is 0 Å². The number of halogens is 1. The highest BCUT2D eigenvalue weighted by molar-refractivity contribution is 6.34. The summed E-state index contributed by atoms with van der Waals surface area (Å²) in [6.07, 6.45) is 2.00.